The van der Waals surface area contributed by atoms with Crippen LogP contribution in [0, 0.1) is 0 Å². The lowest BCUT2D eigenvalue weighted by molar-refractivity contribution is 0.397. The number of anilines is 1. The molecule has 0 aromatic carbocycles. The first-order valence-electron chi connectivity index (χ1n) is 7.53. The number of aromatic nitrogens is 1. The highest BCUT2D eigenvalue weighted by molar-refractivity contribution is 7.89. The minimum atomic E-state index is -3.67. The van der Waals surface area contributed by atoms with Crippen molar-refractivity contribution in [2.75, 3.05) is 18.0 Å². The van der Waals surface area contributed by atoms with Crippen LogP contribution < -0.4 is 15.4 Å². The van der Waals surface area contributed by atoms with Crippen molar-refractivity contribution < 1.29 is 8.42 Å². The van der Waals surface area contributed by atoms with Crippen LogP contribution in [0.2, 0.25) is 0 Å². The monoisotopic (exact) mass is 310 g/mol. The maximum Gasteiger partial charge on any atom is 0.239 e. The summed E-state index contributed by atoms with van der Waals surface area (Å²) in [6, 6.07) is 4.35. The van der Waals surface area contributed by atoms with Crippen molar-refractivity contribution >= 4 is 15.8 Å². The molecular formula is C14H22N4O2S. The summed E-state index contributed by atoms with van der Waals surface area (Å²) >= 11 is 0. The molecule has 1 unspecified atom stereocenters. The minimum absolute atomic E-state index is 0.0674. The minimum Gasteiger partial charge on any atom is -0.352 e. The summed E-state index contributed by atoms with van der Waals surface area (Å²) in [5, 5.41) is 8.67. The topological polar surface area (TPSA) is 88.3 Å². The van der Waals surface area contributed by atoms with E-state index < -0.39 is 10.0 Å². The molecule has 1 aliphatic heterocycles. The van der Waals surface area contributed by atoms with Gasteiger partial charge in [-0.2, -0.15) is 0 Å². The van der Waals surface area contributed by atoms with Crippen LogP contribution in [0.4, 0.5) is 5.82 Å². The van der Waals surface area contributed by atoms with E-state index in [-0.39, 0.29) is 4.90 Å². The van der Waals surface area contributed by atoms with Gasteiger partial charge in [0.2, 0.25) is 10.0 Å². The van der Waals surface area contributed by atoms with Crippen LogP contribution in [-0.2, 0) is 10.0 Å². The molecule has 1 atom stereocenters. The summed E-state index contributed by atoms with van der Waals surface area (Å²) in [5.41, 5.74) is 0. The van der Waals surface area contributed by atoms with Crippen LogP contribution in [-0.4, -0.2) is 38.6 Å². The normalized spacial score (nSPS) is 23.0. The van der Waals surface area contributed by atoms with Crippen molar-refractivity contribution in [3.63, 3.8) is 0 Å². The van der Waals surface area contributed by atoms with Gasteiger partial charge in [0.25, 0.3) is 0 Å². The Morgan fingerprint density at radius 1 is 1.29 bits per heavy atom. The lowest BCUT2D eigenvalue weighted by atomic mass is 10.0. The van der Waals surface area contributed by atoms with Gasteiger partial charge in [-0.1, -0.05) is 6.42 Å². The Morgan fingerprint density at radius 2 is 2.10 bits per heavy atom. The van der Waals surface area contributed by atoms with Gasteiger partial charge in [0.15, 0.2) is 0 Å². The number of piperidine rings is 1. The van der Waals surface area contributed by atoms with Gasteiger partial charge < -0.3 is 10.2 Å². The number of nitrogens with one attached hydrogen (secondary N) is 1. The van der Waals surface area contributed by atoms with Crippen molar-refractivity contribution in [3.05, 3.63) is 18.3 Å². The number of hydrogen-bond donors (Lipinski definition) is 2. The number of rotatable bonds is 5. The van der Waals surface area contributed by atoms with Crippen LogP contribution in [0.25, 0.3) is 0 Å². The van der Waals surface area contributed by atoms with Crippen LogP contribution in [0.1, 0.15) is 32.1 Å². The third-order valence-electron chi connectivity index (χ3n) is 4.16. The molecule has 7 heteroatoms. The second-order valence-electron chi connectivity index (χ2n) is 5.93. The number of primary sulfonamides is 1. The molecule has 21 heavy (non-hydrogen) atoms. The Bertz CT molecular complexity index is 577. The highest BCUT2D eigenvalue weighted by atomic mass is 32.2. The smallest absolute Gasteiger partial charge is 0.239 e. The molecule has 0 radical (unpaired) electrons. The average molecular weight is 310 g/mol. The first-order chi connectivity index (χ1) is 10.0. The summed E-state index contributed by atoms with van der Waals surface area (Å²) in [5.74, 6) is 0.845. The van der Waals surface area contributed by atoms with Crippen molar-refractivity contribution in [3.8, 4) is 0 Å². The fourth-order valence-corrected chi connectivity index (χ4v) is 3.30. The van der Waals surface area contributed by atoms with Crippen molar-refractivity contribution in [2.24, 2.45) is 5.14 Å². The van der Waals surface area contributed by atoms with Gasteiger partial charge in [-0.25, -0.2) is 18.5 Å². The number of sulfonamides is 1. The average Bonchev–Trinajstić information content (AvgIpc) is 3.30. The van der Waals surface area contributed by atoms with Gasteiger partial charge in [-0.3, -0.25) is 0 Å². The number of nitrogens with two attached hydrogens (primary N) is 1. The maximum absolute atomic E-state index is 11.3. The van der Waals surface area contributed by atoms with E-state index in [0.717, 1.165) is 18.9 Å². The van der Waals surface area contributed by atoms with Gasteiger partial charge in [-0.15, -0.1) is 0 Å². The zero-order valence-corrected chi connectivity index (χ0v) is 12.8. The summed E-state index contributed by atoms with van der Waals surface area (Å²) < 4.78 is 22.6. The lowest BCUT2D eigenvalue weighted by Gasteiger charge is -2.31. The van der Waals surface area contributed by atoms with E-state index in [1.165, 1.54) is 38.3 Å². The molecule has 0 amide bonds. The molecule has 0 spiro atoms. The standard InChI is InChI=1S/C14H22N4O2S/c15-21(19,20)13-6-7-14(17-9-13)18(12-4-5-12)10-11-3-1-2-8-16-11/h6-7,9,11-12,16H,1-5,8,10H2,(H2,15,19,20). The molecular weight excluding hydrogens is 288 g/mol. The molecule has 2 fully saturated rings. The molecule has 1 aromatic heterocycles. The largest absolute Gasteiger partial charge is 0.352 e. The van der Waals surface area contributed by atoms with Gasteiger partial charge >= 0.3 is 0 Å². The molecule has 1 aromatic rings. The SMILES string of the molecule is NS(=O)(=O)c1ccc(N(CC2CCCCN2)C2CC2)nc1. The molecule has 1 saturated carbocycles. The molecule has 1 aliphatic carbocycles. The number of pyridine rings is 1. The van der Waals surface area contributed by atoms with Crippen LogP contribution in [0.3, 0.4) is 0 Å². The van der Waals surface area contributed by atoms with Crippen LogP contribution in [0.15, 0.2) is 23.2 Å². The molecule has 6 nitrogen and oxygen atoms in total. The summed E-state index contributed by atoms with van der Waals surface area (Å²) in [6.45, 7) is 2.02. The van der Waals surface area contributed by atoms with Gasteiger partial charge in [0.1, 0.15) is 10.7 Å². The van der Waals surface area contributed by atoms with Crippen LogP contribution in [0.5, 0.6) is 0 Å². The van der Waals surface area contributed by atoms with Crippen LogP contribution >= 0.6 is 0 Å². The Kier molecular flexibility index (Phi) is 4.14. The predicted octanol–water partition coefficient (Wildman–Crippen LogP) is 0.840. The summed E-state index contributed by atoms with van der Waals surface area (Å²) in [6.07, 6.45) is 7.44. The van der Waals surface area contributed by atoms with E-state index in [4.69, 9.17) is 5.14 Å². The summed E-state index contributed by atoms with van der Waals surface area (Å²) in [4.78, 5) is 6.68. The lowest BCUT2D eigenvalue weighted by Crippen LogP contribution is -2.44. The highest BCUT2D eigenvalue weighted by Crippen LogP contribution is 2.31. The third kappa shape index (κ3) is 3.72. The fourth-order valence-electron chi connectivity index (χ4n) is 2.84. The van der Waals surface area contributed by atoms with E-state index in [9.17, 15) is 8.42 Å². The fraction of sp³-hybridized carbons (Fsp3) is 0.643. The molecule has 3 rings (SSSR count). The first kappa shape index (κ1) is 14.7. The molecule has 0 bridgehead atoms. The molecule has 3 N–H and O–H groups in total. The zero-order valence-electron chi connectivity index (χ0n) is 12.0. The third-order valence-corrected chi connectivity index (χ3v) is 5.06. The van der Waals surface area contributed by atoms with E-state index in [1.807, 2.05) is 0 Å². The van der Waals surface area contributed by atoms with Gasteiger partial charge in [0.05, 0.1) is 0 Å². The van der Waals surface area contributed by atoms with Gasteiger partial charge in [0, 0.05) is 24.8 Å². The number of hydrogen-bond acceptors (Lipinski definition) is 5. The molecule has 1 saturated heterocycles. The summed E-state index contributed by atoms with van der Waals surface area (Å²) in [7, 11) is -3.67. The van der Waals surface area contributed by atoms with Crippen molar-refractivity contribution in [1.82, 2.24) is 10.3 Å². The first-order valence-corrected chi connectivity index (χ1v) is 9.07. The molecule has 2 heterocycles. The Hall–Kier alpha value is -1.18. The van der Waals surface area contributed by atoms with E-state index in [0.29, 0.717) is 12.1 Å². The van der Waals surface area contributed by atoms with Gasteiger partial charge in [-0.05, 0) is 44.4 Å². The van der Waals surface area contributed by atoms with E-state index in [1.54, 1.807) is 12.1 Å². The van der Waals surface area contributed by atoms with Crippen molar-refractivity contribution in [1.29, 1.82) is 0 Å². The second-order valence-corrected chi connectivity index (χ2v) is 7.49. The van der Waals surface area contributed by atoms with E-state index in [2.05, 4.69) is 15.2 Å². The Morgan fingerprint density at radius 3 is 2.62 bits per heavy atom. The highest BCUT2D eigenvalue weighted by Gasteiger charge is 2.32. The predicted molar refractivity (Wildman–Crippen MR) is 81.6 cm³/mol. The van der Waals surface area contributed by atoms with Crippen molar-refractivity contribution in [2.45, 2.75) is 49.1 Å². The molecule has 2 aliphatic rings. The quantitative estimate of drug-likeness (QED) is 0.841. The zero-order chi connectivity index (χ0) is 14.9. The number of nitrogens with zero attached hydrogens (tertiary/aromatic N) is 2. The maximum atomic E-state index is 11.3. The van der Waals surface area contributed by atoms with E-state index >= 15 is 0 Å². The second kappa shape index (κ2) is 5.90. The Balaban J connectivity index is 1.74. The molecule has 116 valence electrons. The Labute approximate surface area is 125 Å².